The lowest BCUT2D eigenvalue weighted by Crippen LogP contribution is -2.44. The number of alkyl carbamates (subject to hydrolysis) is 1. The number of aliphatic imine (C=N–C) groups is 1. The van der Waals surface area contributed by atoms with Gasteiger partial charge in [0, 0.05) is 6.54 Å². The summed E-state index contributed by atoms with van der Waals surface area (Å²) in [5.41, 5.74) is -0.686. The molecular weight excluding hydrogens is 290 g/mol. The molecule has 0 bridgehead atoms. The molecule has 22 heavy (non-hydrogen) atoms. The molecule has 0 fully saturated rings. The maximum absolute atomic E-state index is 11.6. The van der Waals surface area contributed by atoms with Crippen LogP contribution in [0.5, 0.6) is 0 Å². The summed E-state index contributed by atoms with van der Waals surface area (Å²) in [5, 5.41) is 24.2. The van der Waals surface area contributed by atoms with Gasteiger partial charge in [0.25, 0.3) is 0 Å². The molecular formula is C13H25N5O4. The number of hydrogen-bond acceptors (Lipinski definition) is 5. The zero-order valence-electron chi connectivity index (χ0n) is 13.2. The maximum Gasteiger partial charge on any atom is 0.408 e. The van der Waals surface area contributed by atoms with Crippen molar-refractivity contribution < 1.29 is 19.4 Å². The van der Waals surface area contributed by atoms with Crippen molar-refractivity contribution in [2.45, 2.75) is 45.3 Å². The molecule has 0 aromatic rings. The summed E-state index contributed by atoms with van der Waals surface area (Å²) in [7, 11) is 0. The predicted octanol–water partition coefficient (Wildman–Crippen LogP) is 0.517. The van der Waals surface area contributed by atoms with Gasteiger partial charge in [0.15, 0.2) is 5.96 Å². The van der Waals surface area contributed by atoms with Crippen molar-refractivity contribution in [1.29, 1.82) is 5.41 Å². The van der Waals surface area contributed by atoms with Crippen LogP contribution in [-0.4, -0.2) is 54.7 Å². The summed E-state index contributed by atoms with van der Waals surface area (Å²) in [5.74, 6) is -1.05. The van der Waals surface area contributed by atoms with E-state index in [0.717, 1.165) is 0 Å². The van der Waals surface area contributed by atoms with E-state index in [1.807, 2.05) is 0 Å². The highest BCUT2D eigenvalue weighted by Crippen LogP contribution is 2.07. The molecule has 0 unspecified atom stereocenters. The van der Waals surface area contributed by atoms with E-state index < -0.39 is 23.7 Å². The minimum Gasteiger partial charge on any atom is -0.480 e. The quantitative estimate of drug-likeness (QED) is 0.252. The number of aliphatic carboxylic acids is 1. The van der Waals surface area contributed by atoms with Gasteiger partial charge in [-0.3, -0.25) is 10.4 Å². The zero-order valence-corrected chi connectivity index (χ0v) is 13.2. The van der Waals surface area contributed by atoms with Crippen LogP contribution in [0.3, 0.4) is 0 Å². The molecule has 0 aromatic carbocycles. The third kappa shape index (κ3) is 10.5. The number of carbonyl (C=O) groups excluding carboxylic acids is 1. The van der Waals surface area contributed by atoms with Crippen molar-refractivity contribution >= 4 is 24.7 Å². The molecule has 0 rings (SSSR count). The third-order valence-corrected chi connectivity index (χ3v) is 2.33. The molecule has 0 radical (unpaired) electrons. The van der Waals surface area contributed by atoms with Crippen LogP contribution in [0.2, 0.25) is 0 Å². The number of carbonyl (C=O) groups is 2. The number of carboxylic acids is 1. The number of amides is 1. The van der Waals surface area contributed by atoms with Gasteiger partial charge in [-0.05, 0) is 40.3 Å². The van der Waals surface area contributed by atoms with Gasteiger partial charge >= 0.3 is 12.1 Å². The molecule has 0 spiro atoms. The largest absolute Gasteiger partial charge is 0.480 e. The Bertz CT molecular complexity index is 406. The molecule has 0 saturated carbocycles. The van der Waals surface area contributed by atoms with Gasteiger partial charge in [0.1, 0.15) is 18.3 Å². The molecule has 126 valence electrons. The molecule has 0 heterocycles. The van der Waals surface area contributed by atoms with E-state index in [9.17, 15) is 9.59 Å². The van der Waals surface area contributed by atoms with Crippen molar-refractivity contribution in [2.24, 2.45) is 4.99 Å². The number of nitrogens with one attached hydrogen (secondary N) is 4. The van der Waals surface area contributed by atoms with E-state index in [1.165, 1.54) is 0 Å². The van der Waals surface area contributed by atoms with Crippen LogP contribution < -0.4 is 16.0 Å². The van der Waals surface area contributed by atoms with Gasteiger partial charge in [0.05, 0.1) is 0 Å². The maximum atomic E-state index is 11.6. The van der Waals surface area contributed by atoms with Crippen molar-refractivity contribution in [2.75, 3.05) is 13.2 Å². The van der Waals surface area contributed by atoms with Gasteiger partial charge in [-0.15, -0.1) is 0 Å². The van der Waals surface area contributed by atoms with Crippen LogP contribution in [-0.2, 0) is 9.53 Å². The Morgan fingerprint density at radius 1 is 1.36 bits per heavy atom. The Balaban J connectivity index is 4.10. The number of nitrogens with zero attached hydrogens (tertiary/aromatic N) is 1. The highest BCUT2D eigenvalue weighted by atomic mass is 16.6. The number of guanidine groups is 1. The van der Waals surface area contributed by atoms with Gasteiger partial charge in [-0.2, -0.15) is 0 Å². The minimum absolute atomic E-state index is 0.0828. The molecule has 0 aliphatic carbocycles. The topological polar surface area (TPSA) is 136 Å². The van der Waals surface area contributed by atoms with Crippen molar-refractivity contribution in [1.82, 2.24) is 16.0 Å². The second kappa shape index (κ2) is 9.59. The Hall–Kier alpha value is -2.32. The van der Waals surface area contributed by atoms with Crippen LogP contribution in [0.1, 0.15) is 33.6 Å². The standard InChI is InChI=1S/C13H25N5O4/c1-13(2,3)22-12(21)18-9(10(19)20)6-5-7-16-11(14)17-8-15-4/h9H,4-8H2,1-3H3,(H,18,21)(H,19,20)(H3,14,16,17)/t9-/m0/s1. The van der Waals surface area contributed by atoms with Gasteiger partial charge < -0.3 is 25.8 Å². The Labute approximate surface area is 130 Å². The second-order valence-corrected chi connectivity index (χ2v) is 5.54. The molecule has 0 aromatic heterocycles. The first-order chi connectivity index (χ1) is 10.2. The van der Waals surface area contributed by atoms with Gasteiger partial charge in [0.2, 0.25) is 0 Å². The molecule has 0 saturated heterocycles. The zero-order chi connectivity index (χ0) is 17.2. The molecule has 9 heteroatoms. The fourth-order valence-corrected chi connectivity index (χ4v) is 1.42. The molecule has 0 aliphatic rings. The highest BCUT2D eigenvalue weighted by Gasteiger charge is 2.23. The predicted molar refractivity (Wildman–Crippen MR) is 83.3 cm³/mol. The molecule has 5 N–H and O–H groups in total. The lowest BCUT2D eigenvalue weighted by molar-refractivity contribution is -0.139. The summed E-state index contributed by atoms with van der Waals surface area (Å²) in [6.45, 7) is 8.98. The van der Waals surface area contributed by atoms with E-state index in [0.29, 0.717) is 13.0 Å². The fraction of sp³-hybridized carbons (Fsp3) is 0.692. The molecule has 0 aliphatic heterocycles. The van der Waals surface area contributed by atoms with Crippen LogP contribution in [0.4, 0.5) is 4.79 Å². The lowest BCUT2D eigenvalue weighted by Gasteiger charge is -2.22. The summed E-state index contributed by atoms with van der Waals surface area (Å²) >= 11 is 0. The highest BCUT2D eigenvalue weighted by molar-refractivity contribution is 5.80. The Morgan fingerprint density at radius 2 is 2.00 bits per heavy atom. The van der Waals surface area contributed by atoms with Crippen molar-refractivity contribution in [3.05, 3.63) is 0 Å². The summed E-state index contributed by atoms with van der Waals surface area (Å²) in [6, 6.07) is -1.03. The van der Waals surface area contributed by atoms with Crippen LogP contribution in [0.15, 0.2) is 4.99 Å². The first-order valence-electron chi connectivity index (χ1n) is 6.87. The van der Waals surface area contributed by atoms with E-state index in [-0.39, 0.29) is 19.0 Å². The summed E-state index contributed by atoms with van der Waals surface area (Å²) < 4.78 is 5.02. The SMILES string of the molecule is C=NCNC(=N)NCCC[C@H](NC(=O)OC(C)(C)C)C(=O)O. The first kappa shape index (κ1) is 19.7. The molecule has 9 nitrogen and oxygen atoms in total. The fourth-order valence-electron chi connectivity index (χ4n) is 1.42. The average Bonchev–Trinajstić information content (AvgIpc) is 2.37. The lowest BCUT2D eigenvalue weighted by atomic mass is 10.1. The van der Waals surface area contributed by atoms with E-state index in [1.54, 1.807) is 20.8 Å². The average molecular weight is 315 g/mol. The van der Waals surface area contributed by atoms with Crippen LogP contribution >= 0.6 is 0 Å². The minimum atomic E-state index is -1.13. The van der Waals surface area contributed by atoms with Gasteiger partial charge in [-0.25, -0.2) is 9.59 Å². The van der Waals surface area contributed by atoms with E-state index >= 15 is 0 Å². The smallest absolute Gasteiger partial charge is 0.408 e. The third-order valence-electron chi connectivity index (χ3n) is 2.33. The Kier molecular flexibility index (Phi) is 8.58. The number of hydrogen-bond donors (Lipinski definition) is 5. The van der Waals surface area contributed by atoms with Crippen LogP contribution in [0.25, 0.3) is 0 Å². The summed E-state index contributed by atoms with van der Waals surface area (Å²) in [4.78, 5) is 26.2. The number of rotatable bonds is 8. The normalized spacial score (nSPS) is 12.0. The molecule has 1 amide bonds. The monoisotopic (exact) mass is 315 g/mol. The second-order valence-electron chi connectivity index (χ2n) is 5.54. The number of ether oxygens (including phenoxy) is 1. The van der Waals surface area contributed by atoms with Crippen LogP contribution in [0, 0.1) is 5.41 Å². The number of carboxylic acid groups (broad SMARTS) is 1. The van der Waals surface area contributed by atoms with Crippen molar-refractivity contribution in [3.8, 4) is 0 Å². The van der Waals surface area contributed by atoms with Crippen molar-refractivity contribution in [3.63, 3.8) is 0 Å². The summed E-state index contributed by atoms with van der Waals surface area (Å²) in [6.07, 6.45) is -0.0910. The Morgan fingerprint density at radius 3 is 2.50 bits per heavy atom. The van der Waals surface area contributed by atoms with Gasteiger partial charge in [-0.1, -0.05) is 0 Å². The van der Waals surface area contributed by atoms with E-state index in [2.05, 4.69) is 27.7 Å². The first-order valence-corrected chi connectivity index (χ1v) is 6.87. The molecule has 1 atom stereocenters. The van der Waals surface area contributed by atoms with E-state index in [4.69, 9.17) is 15.3 Å².